The molecule has 194 valence electrons. The minimum atomic E-state index is -3.67. The molecule has 5 rings (SSSR count). The van der Waals surface area contributed by atoms with Crippen LogP contribution in [0.2, 0.25) is 0 Å². The van der Waals surface area contributed by atoms with E-state index in [1.54, 1.807) is 29.2 Å². The zero-order chi connectivity index (χ0) is 26.5. The van der Waals surface area contributed by atoms with E-state index in [1.807, 2.05) is 33.8 Å². The molecule has 0 atom stereocenters. The second-order valence-corrected chi connectivity index (χ2v) is 12.2. The van der Waals surface area contributed by atoms with Gasteiger partial charge in [0.15, 0.2) is 11.3 Å². The number of halogens is 1. The van der Waals surface area contributed by atoms with Gasteiger partial charge in [0.25, 0.3) is 5.91 Å². The summed E-state index contributed by atoms with van der Waals surface area (Å²) in [4.78, 5) is 24.2. The van der Waals surface area contributed by atoms with Crippen molar-refractivity contribution in [2.24, 2.45) is 4.99 Å². The summed E-state index contributed by atoms with van der Waals surface area (Å²) < 4.78 is 47.0. The molecule has 8 nitrogen and oxygen atoms in total. The van der Waals surface area contributed by atoms with E-state index in [0.29, 0.717) is 23.3 Å². The zero-order valence-electron chi connectivity index (χ0n) is 21.2. The van der Waals surface area contributed by atoms with Crippen molar-refractivity contribution in [3.05, 3.63) is 64.5 Å². The van der Waals surface area contributed by atoms with Crippen LogP contribution in [0.3, 0.4) is 0 Å². The SMILES string of the molecule is CC(C)c1cc(-c2ccc(F)cc2)nc2cc(C(=O)N3CCN(S(=O)(=O)C4=CCN=C4)CC3(C)C)oc12. The molecule has 37 heavy (non-hydrogen) atoms. The van der Waals surface area contributed by atoms with Gasteiger partial charge in [0.2, 0.25) is 10.0 Å². The molecule has 0 spiro atoms. The Morgan fingerprint density at radius 3 is 2.49 bits per heavy atom. The first-order valence-electron chi connectivity index (χ1n) is 12.2. The summed E-state index contributed by atoms with van der Waals surface area (Å²) in [5.74, 6) is -0.401. The number of carbonyl (C=O) groups is 1. The zero-order valence-corrected chi connectivity index (χ0v) is 22.0. The van der Waals surface area contributed by atoms with E-state index in [2.05, 4.69) is 4.99 Å². The molecule has 10 heteroatoms. The first-order valence-corrected chi connectivity index (χ1v) is 13.6. The van der Waals surface area contributed by atoms with Gasteiger partial charge in [-0.3, -0.25) is 9.79 Å². The van der Waals surface area contributed by atoms with Gasteiger partial charge >= 0.3 is 0 Å². The van der Waals surface area contributed by atoms with Gasteiger partial charge in [0.1, 0.15) is 11.3 Å². The van der Waals surface area contributed by atoms with E-state index in [0.717, 1.165) is 11.1 Å². The lowest BCUT2D eigenvalue weighted by Gasteiger charge is -2.46. The molecule has 2 aliphatic rings. The highest BCUT2D eigenvalue weighted by Crippen LogP contribution is 2.33. The molecule has 1 saturated heterocycles. The van der Waals surface area contributed by atoms with Crippen LogP contribution >= 0.6 is 0 Å². The third-order valence-electron chi connectivity index (χ3n) is 6.85. The van der Waals surface area contributed by atoms with Crippen LogP contribution in [0.5, 0.6) is 0 Å². The Kier molecular flexibility index (Phi) is 6.27. The summed E-state index contributed by atoms with van der Waals surface area (Å²) in [7, 11) is -3.67. The largest absolute Gasteiger partial charge is 0.449 e. The summed E-state index contributed by atoms with van der Waals surface area (Å²) >= 11 is 0. The van der Waals surface area contributed by atoms with Crippen LogP contribution in [0.4, 0.5) is 4.39 Å². The first-order chi connectivity index (χ1) is 17.5. The van der Waals surface area contributed by atoms with Crippen LogP contribution in [0.25, 0.3) is 22.4 Å². The fourth-order valence-corrected chi connectivity index (χ4v) is 6.43. The molecule has 0 bridgehead atoms. The number of allylic oxidation sites excluding steroid dienone is 1. The maximum atomic E-state index is 13.6. The number of aromatic nitrogens is 1. The molecular formula is C27H29FN4O4S. The molecular weight excluding hydrogens is 495 g/mol. The van der Waals surface area contributed by atoms with E-state index < -0.39 is 15.6 Å². The van der Waals surface area contributed by atoms with Gasteiger partial charge in [-0.1, -0.05) is 13.8 Å². The molecule has 1 amide bonds. The number of carbonyl (C=O) groups excluding carboxylic acids is 1. The highest BCUT2D eigenvalue weighted by molar-refractivity contribution is 7.93. The van der Waals surface area contributed by atoms with E-state index in [9.17, 15) is 17.6 Å². The molecule has 2 aliphatic heterocycles. The number of aliphatic imine (C=N–C) groups is 1. The van der Waals surface area contributed by atoms with Crippen LogP contribution < -0.4 is 0 Å². The van der Waals surface area contributed by atoms with Gasteiger partial charge in [-0.15, -0.1) is 0 Å². The van der Waals surface area contributed by atoms with Crippen LogP contribution in [0.1, 0.15) is 49.7 Å². The lowest BCUT2D eigenvalue weighted by Crippen LogP contribution is -2.62. The van der Waals surface area contributed by atoms with Gasteiger partial charge in [0, 0.05) is 43.0 Å². The van der Waals surface area contributed by atoms with Crippen LogP contribution in [0.15, 0.2) is 56.8 Å². The number of pyridine rings is 1. The number of furan rings is 1. The van der Waals surface area contributed by atoms with Crippen molar-refractivity contribution < 1.29 is 22.0 Å². The minimum Gasteiger partial charge on any atom is -0.449 e. The van der Waals surface area contributed by atoms with E-state index in [4.69, 9.17) is 9.40 Å². The highest BCUT2D eigenvalue weighted by atomic mass is 32.2. The maximum absolute atomic E-state index is 13.6. The second-order valence-electron chi connectivity index (χ2n) is 10.3. The Balaban J connectivity index is 1.46. The van der Waals surface area contributed by atoms with Crippen molar-refractivity contribution in [3.8, 4) is 11.3 Å². The Morgan fingerprint density at radius 1 is 1.14 bits per heavy atom. The highest BCUT2D eigenvalue weighted by Gasteiger charge is 2.42. The summed E-state index contributed by atoms with van der Waals surface area (Å²) in [6, 6.07) is 9.66. The van der Waals surface area contributed by atoms with Gasteiger partial charge in [-0.2, -0.15) is 4.31 Å². The molecule has 1 fully saturated rings. The predicted molar refractivity (Wildman–Crippen MR) is 141 cm³/mol. The lowest BCUT2D eigenvalue weighted by molar-refractivity contribution is 0.0327. The molecule has 4 heterocycles. The van der Waals surface area contributed by atoms with Crippen molar-refractivity contribution in [1.82, 2.24) is 14.2 Å². The quantitative estimate of drug-likeness (QED) is 0.486. The number of piperazine rings is 1. The first kappa shape index (κ1) is 25.3. The maximum Gasteiger partial charge on any atom is 0.290 e. The molecule has 0 radical (unpaired) electrons. The number of sulfonamides is 1. The van der Waals surface area contributed by atoms with Crippen LogP contribution in [0, 0.1) is 5.82 Å². The molecule has 2 aromatic heterocycles. The number of hydrogen-bond acceptors (Lipinski definition) is 6. The van der Waals surface area contributed by atoms with Crippen molar-refractivity contribution >= 4 is 33.2 Å². The molecule has 0 saturated carbocycles. The summed E-state index contributed by atoms with van der Waals surface area (Å²) in [5.41, 5.74) is 2.63. The summed E-state index contributed by atoms with van der Waals surface area (Å²) in [6.07, 6.45) is 2.97. The number of fused-ring (bicyclic) bond motifs is 1. The monoisotopic (exact) mass is 524 g/mol. The van der Waals surface area contributed by atoms with Crippen molar-refractivity contribution in [1.29, 1.82) is 0 Å². The second kappa shape index (κ2) is 9.18. The molecule has 0 unspecified atom stereocenters. The Bertz CT molecular complexity index is 1540. The number of amides is 1. The summed E-state index contributed by atoms with van der Waals surface area (Å²) in [6.45, 7) is 8.65. The van der Waals surface area contributed by atoms with Gasteiger partial charge in [0.05, 0.1) is 22.7 Å². The average molecular weight is 525 g/mol. The fourth-order valence-electron chi connectivity index (χ4n) is 4.83. The predicted octanol–water partition coefficient (Wildman–Crippen LogP) is 4.59. The van der Waals surface area contributed by atoms with Crippen molar-refractivity contribution in [2.45, 2.75) is 39.2 Å². The molecule has 1 aromatic carbocycles. The van der Waals surface area contributed by atoms with Gasteiger partial charge in [-0.05, 0) is 56.2 Å². The number of rotatable bonds is 5. The third kappa shape index (κ3) is 4.59. The topological polar surface area (TPSA) is 96.1 Å². The lowest BCUT2D eigenvalue weighted by atomic mass is 9.99. The van der Waals surface area contributed by atoms with Gasteiger partial charge < -0.3 is 9.32 Å². The third-order valence-corrected chi connectivity index (χ3v) is 8.71. The summed E-state index contributed by atoms with van der Waals surface area (Å²) in [5, 5.41) is 0. The van der Waals surface area contributed by atoms with Crippen molar-refractivity contribution in [2.75, 3.05) is 26.2 Å². The average Bonchev–Trinajstić information content (AvgIpc) is 3.53. The minimum absolute atomic E-state index is 0.0948. The molecule has 0 N–H and O–H groups in total. The normalized spacial score (nSPS) is 18.1. The van der Waals surface area contributed by atoms with E-state index >= 15 is 0 Å². The Hall–Kier alpha value is -3.37. The fraction of sp³-hybridized carbons (Fsp3) is 0.370. The van der Waals surface area contributed by atoms with Crippen molar-refractivity contribution in [3.63, 3.8) is 0 Å². The van der Waals surface area contributed by atoms with E-state index in [-0.39, 0.29) is 47.9 Å². The molecule has 0 aliphatic carbocycles. The smallest absolute Gasteiger partial charge is 0.290 e. The Labute approximate surface area is 215 Å². The van der Waals surface area contributed by atoms with Gasteiger partial charge in [-0.25, -0.2) is 17.8 Å². The van der Waals surface area contributed by atoms with E-state index in [1.165, 1.54) is 22.7 Å². The number of benzene rings is 1. The standard InChI is InChI=1S/C27H29FN4O4S/c1-17(2)21-13-22(18-5-7-19(28)8-6-18)30-23-14-24(36-25(21)23)26(33)32-12-11-31(16-27(32,3)4)37(34,35)20-9-10-29-15-20/h5-9,13-15,17H,10-12,16H2,1-4H3. The Morgan fingerprint density at radius 2 is 1.86 bits per heavy atom. The number of nitrogens with zero attached hydrogens (tertiary/aromatic N) is 4. The number of hydrogen-bond donors (Lipinski definition) is 0. The molecule has 3 aromatic rings. The van der Waals surface area contributed by atoms with Crippen LogP contribution in [-0.4, -0.2) is 66.4 Å². The van der Waals surface area contributed by atoms with Crippen LogP contribution in [-0.2, 0) is 10.0 Å².